The van der Waals surface area contributed by atoms with Gasteiger partial charge in [0.2, 0.25) is 5.91 Å². The van der Waals surface area contributed by atoms with Gasteiger partial charge in [0, 0.05) is 38.9 Å². The maximum atomic E-state index is 12.4. The quantitative estimate of drug-likeness (QED) is 0.880. The van der Waals surface area contributed by atoms with E-state index in [-0.39, 0.29) is 18.1 Å². The first kappa shape index (κ1) is 16.3. The number of aromatic nitrogens is 2. The molecule has 1 aromatic rings. The van der Waals surface area contributed by atoms with Crippen LogP contribution in [0.4, 0.5) is 0 Å². The Morgan fingerprint density at radius 3 is 3.17 bits per heavy atom. The van der Waals surface area contributed by atoms with Crippen molar-refractivity contribution in [2.24, 2.45) is 0 Å². The Balaban J connectivity index is 1.56. The molecular formula is C17H26N4O2. The van der Waals surface area contributed by atoms with Gasteiger partial charge in [-0.1, -0.05) is 6.92 Å². The summed E-state index contributed by atoms with van der Waals surface area (Å²) in [5, 5.41) is 3.03. The van der Waals surface area contributed by atoms with Crippen molar-refractivity contribution in [3.63, 3.8) is 0 Å². The maximum Gasteiger partial charge on any atom is 0.237 e. The molecule has 2 atom stereocenters. The van der Waals surface area contributed by atoms with E-state index in [1.807, 2.05) is 13.1 Å². The minimum absolute atomic E-state index is 0.0775. The van der Waals surface area contributed by atoms with Crippen LogP contribution in [0.5, 0.6) is 0 Å². The molecule has 0 aliphatic carbocycles. The van der Waals surface area contributed by atoms with E-state index < -0.39 is 0 Å². The van der Waals surface area contributed by atoms with Gasteiger partial charge in [-0.05, 0) is 31.7 Å². The molecule has 1 amide bonds. The zero-order chi connectivity index (χ0) is 16.2. The highest BCUT2D eigenvalue weighted by molar-refractivity contribution is 5.81. The fraction of sp³-hybridized carbons (Fsp3) is 0.706. The molecule has 126 valence electrons. The topological polar surface area (TPSA) is 67.4 Å². The van der Waals surface area contributed by atoms with E-state index in [9.17, 15) is 4.79 Å². The highest BCUT2D eigenvalue weighted by Crippen LogP contribution is 2.19. The average molecular weight is 318 g/mol. The molecule has 3 heterocycles. The molecule has 2 aliphatic rings. The maximum absolute atomic E-state index is 12.4. The highest BCUT2D eigenvalue weighted by Gasteiger charge is 2.27. The lowest BCUT2D eigenvalue weighted by molar-refractivity contribution is -0.126. The van der Waals surface area contributed by atoms with Crippen molar-refractivity contribution in [3.05, 3.63) is 23.3 Å². The molecule has 0 aromatic carbocycles. The molecule has 1 fully saturated rings. The summed E-state index contributed by atoms with van der Waals surface area (Å²) in [4.78, 5) is 23.6. The second kappa shape index (κ2) is 7.36. The van der Waals surface area contributed by atoms with Gasteiger partial charge in [-0.25, -0.2) is 9.97 Å². The Bertz CT molecular complexity index is 558. The fourth-order valence-electron chi connectivity index (χ4n) is 3.20. The van der Waals surface area contributed by atoms with Crippen LogP contribution < -0.4 is 5.32 Å². The van der Waals surface area contributed by atoms with Crippen molar-refractivity contribution in [1.82, 2.24) is 20.2 Å². The highest BCUT2D eigenvalue weighted by atomic mass is 16.5. The first-order valence-corrected chi connectivity index (χ1v) is 8.64. The second-order valence-electron chi connectivity index (χ2n) is 6.39. The molecule has 0 radical (unpaired) electrons. The summed E-state index contributed by atoms with van der Waals surface area (Å²) in [6.07, 6.45) is 6.02. The summed E-state index contributed by atoms with van der Waals surface area (Å²) in [6.45, 7) is 7.06. The molecule has 1 aromatic heterocycles. The molecule has 0 bridgehead atoms. The number of nitrogens with one attached hydrogen (secondary N) is 1. The average Bonchev–Trinajstić information content (AvgIpc) is 3.11. The normalized spacial score (nSPS) is 22.6. The van der Waals surface area contributed by atoms with Crippen molar-refractivity contribution in [2.75, 3.05) is 19.7 Å². The molecule has 2 aliphatic heterocycles. The van der Waals surface area contributed by atoms with E-state index in [0.717, 1.165) is 56.9 Å². The van der Waals surface area contributed by atoms with Gasteiger partial charge in [-0.3, -0.25) is 9.69 Å². The van der Waals surface area contributed by atoms with Crippen LogP contribution in [0.1, 0.15) is 43.8 Å². The third-order valence-electron chi connectivity index (χ3n) is 4.80. The van der Waals surface area contributed by atoms with E-state index in [4.69, 9.17) is 4.74 Å². The third kappa shape index (κ3) is 3.87. The molecule has 0 saturated carbocycles. The predicted molar refractivity (Wildman–Crippen MR) is 87.0 cm³/mol. The van der Waals surface area contributed by atoms with Crippen molar-refractivity contribution in [2.45, 2.75) is 58.2 Å². The first-order chi connectivity index (χ1) is 11.2. The summed E-state index contributed by atoms with van der Waals surface area (Å²) in [5.74, 6) is 0.954. The number of aryl methyl sites for hydroxylation is 1. The molecule has 1 N–H and O–H groups in total. The van der Waals surface area contributed by atoms with Gasteiger partial charge in [0.15, 0.2) is 0 Å². The predicted octanol–water partition coefficient (Wildman–Crippen LogP) is 1.08. The number of nitrogens with zero attached hydrogens (tertiary/aromatic N) is 3. The number of ether oxygens (including phenoxy) is 1. The van der Waals surface area contributed by atoms with Gasteiger partial charge < -0.3 is 10.1 Å². The van der Waals surface area contributed by atoms with E-state index in [1.165, 1.54) is 5.56 Å². The Morgan fingerprint density at radius 2 is 2.43 bits per heavy atom. The molecule has 0 unspecified atom stereocenters. The van der Waals surface area contributed by atoms with E-state index in [0.29, 0.717) is 6.54 Å². The van der Waals surface area contributed by atoms with E-state index in [1.54, 1.807) is 0 Å². The van der Waals surface area contributed by atoms with Crippen molar-refractivity contribution < 1.29 is 9.53 Å². The number of fused-ring (bicyclic) bond motifs is 1. The van der Waals surface area contributed by atoms with Gasteiger partial charge >= 0.3 is 0 Å². The van der Waals surface area contributed by atoms with Crippen LogP contribution in [0.2, 0.25) is 0 Å². The largest absolute Gasteiger partial charge is 0.376 e. The van der Waals surface area contributed by atoms with Crippen LogP contribution in [-0.4, -0.2) is 52.6 Å². The van der Waals surface area contributed by atoms with Crippen LogP contribution in [0, 0.1) is 0 Å². The minimum Gasteiger partial charge on any atom is -0.376 e. The van der Waals surface area contributed by atoms with Crippen molar-refractivity contribution in [3.8, 4) is 0 Å². The summed E-state index contributed by atoms with van der Waals surface area (Å²) < 4.78 is 5.56. The number of amides is 1. The van der Waals surface area contributed by atoms with Gasteiger partial charge in [0.25, 0.3) is 0 Å². The Labute approximate surface area is 137 Å². The van der Waals surface area contributed by atoms with Crippen LogP contribution in [0.25, 0.3) is 0 Å². The van der Waals surface area contributed by atoms with Gasteiger partial charge in [0.05, 0.1) is 17.8 Å². The lowest BCUT2D eigenvalue weighted by Crippen LogP contribution is -2.48. The van der Waals surface area contributed by atoms with Crippen LogP contribution in [0.15, 0.2) is 6.20 Å². The number of hydrogen-bond donors (Lipinski definition) is 1. The third-order valence-corrected chi connectivity index (χ3v) is 4.80. The summed E-state index contributed by atoms with van der Waals surface area (Å²) in [6, 6.07) is -0.149. The number of carbonyl (C=O) groups is 1. The summed E-state index contributed by atoms with van der Waals surface area (Å²) in [5.41, 5.74) is 2.28. The Kier molecular flexibility index (Phi) is 5.23. The number of rotatable bonds is 5. The zero-order valence-corrected chi connectivity index (χ0v) is 14.0. The lowest BCUT2D eigenvalue weighted by Gasteiger charge is -2.32. The smallest absolute Gasteiger partial charge is 0.237 e. The molecule has 3 rings (SSSR count). The monoisotopic (exact) mass is 318 g/mol. The van der Waals surface area contributed by atoms with E-state index in [2.05, 4.69) is 27.1 Å². The number of carbonyl (C=O) groups excluding carboxylic acids is 1. The molecule has 6 heteroatoms. The molecular weight excluding hydrogens is 292 g/mol. The standard InChI is InChI=1S/C17H26N4O2/c1-3-16-18-9-13-6-7-21(11-15(13)20-16)12(2)17(22)19-10-14-5-4-8-23-14/h9,12,14H,3-8,10-11H2,1-2H3,(H,19,22)/t12-,14-/m1/s1. The summed E-state index contributed by atoms with van der Waals surface area (Å²) in [7, 11) is 0. The van der Waals surface area contributed by atoms with E-state index >= 15 is 0 Å². The zero-order valence-electron chi connectivity index (χ0n) is 14.0. The molecule has 23 heavy (non-hydrogen) atoms. The van der Waals surface area contributed by atoms with Gasteiger partial charge in [-0.15, -0.1) is 0 Å². The SMILES string of the molecule is CCc1ncc2c(n1)CN([C@H](C)C(=O)NC[C@H]1CCCO1)CC2. The van der Waals surface area contributed by atoms with Gasteiger partial charge in [-0.2, -0.15) is 0 Å². The first-order valence-electron chi connectivity index (χ1n) is 8.64. The summed E-state index contributed by atoms with van der Waals surface area (Å²) >= 11 is 0. The molecule has 1 saturated heterocycles. The molecule has 0 spiro atoms. The van der Waals surface area contributed by atoms with Crippen molar-refractivity contribution in [1.29, 1.82) is 0 Å². The minimum atomic E-state index is -0.149. The Morgan fingerprint density at radius 1 is 1.57 bits per heavy atom. The van der Waals surface area contributed by atoms with Crippen LogP contribution in [0.3, 0.4) is 0 Å². The van der Waals surface area contributed by atoms with Crippen LogP contribution in [-0.2, 0) is 28.9 Å². The van der Waals surface area contributed by atoms with Crippen molar-refractivity contribution >= 4 is 5.91 Å². The Hall–Kier alpha value is -1.53. The van der Waals surface area contributed by atoms with Gasteiger partial charge in [0.1, 0.15) is 5.82 Å². The fourth-order valence-corrected chi connectivity index (χ4v) is 3.20. The lowest BCUT2D eigenvalue weighted by atomic mass is 10.0. The van der Waals surface area contributed by atoms with Crippen LogP contribution >= 0.6 is 0 Å². The molecule has 6 nitrogen and oxygen atoms in total. The number of hydrogen-bond acceptors (Lipinski definition) is 5. The second-order valence-corrected chi connectivity index (χ2v) is 6.39.